The van der Waals surface area contributed by atoms with Crippen molar-refractivity contribution in [2.45, 2.75) is 19.3 Å². The van der Waals surface area contributed by atoms with Gasteiger partial charge in [-0.2, -0.15) is 0 Å². The maximum atomic E-state index is 11.6. The summed E-state index contributed by atoms with van der Waals surface area (Å²) in [6.07, 6.45) is 1.13. The maximum absolute atomic E-state index is 11.6. The van der Waals surface area contributed by atoms with Crippen LogP contribution >= 0.6 is 0 Å². The Bertz CT molecular complexity index is 393. The molecular weight excluding hydrogens is 244 g/mol. The first kappa shape index (κ1) is 15.2. The summed E-state index contributed by atoms with van der Waals surface area (Å²) < 4.78 is 0. The molecule has 0 aromatic heterocycles. The lowest BCUT2D eigenvalue weighted by molar-refractivity contribution is -0.122. The first-order valence-corrected chi connectivity index (χ1v) is 6.40. The van der Waals surface area contributed by atoms with E-state index in [1.54, 1.807) is 0 Å². The van der Waals surface area contributed by atoms with E-state index < -0.39 is 0 Å². The average Bonchev–Trinajstić information content (AvgIpc) is 2.40. The summed E-state index contributed by atoms with van der Waals surface area (Å²) in [4.78, 5) is 22.9. The Morgan fingerprint density at radius 1 is 1.00 bits per heavy atom. The highest BCUT2D eigenvalue weighted by molar-refractivity contribution is 5.80. The fourth-order valence-electron chi connectivity index (χ4n) is 1.55. The van der Waals surface area contributed by atoms with Crippen molar-refractivity contribution >= 4 is 11.8 Å². The quantitative estimate of drug-likeness (QED) is 0.588. The van der Waals surface area contributed by atoms with Crippen molar-refractivity contribution < 1.29 is 14.7 Å². The molecular formula is C14H20N2O3. The van der Waals surface area contributed by atoms with E-state index in [4.69, 9.17) is 5.11 Å². The van der Waals surface area contributed by atoms with E-state index in [0.29, 0.717) is 25.9 Å². The van der Waals surface area contributed by atoms with Gasteiger partial charge in [-0.25, -0.2) is 0 Å². The third kappa shape index (κ3) is 7.21. The van der Waals surface area contributed by atoms with Gasteiger partial charge in [0.05, 0.1) is 6.42 Å². The van der Waals surface area contributed by atoms with E-state index in [0.717, 1.165) is 5.56 Å². The SMILES string of the molecule is O=C(CCNC(=O)Cc1ccccc1)NCCCO. The minimum atomic E-state index is -0.117. The van der Waals surface area contributed by atoms with Crippen LogP contribution in [0.15, 0.2) is 30.3 Å². The molecule has 1 aromatic rings. The molecule has 0 aliphatic heterocycles. The van der Waals surface area contributed by atoms with Crippen molar-refractivity contribution in [3.05, 3.63) is 35.9 Å². The number of carbonyl (C=O) groups is 2. The minimum Gasteiger partial charge on any atom is -0.396 e. The van der Waals surface area contributed by atoms with Crippen LogP contribution in [-0.4, -0.2) is 36.6 Å². The normalized spacial score (nSPS) is 9.95. The Kier molecular flexibility index (Phi) is 7.27. The molecule has 0 radical (unpaired) electrons. The van der Waals surface area contributed by atoms with E-state index >= 15 is 0 Å². The molecule has 0 bridgehead atoms. The van der Waals surface area contributed by atoms with Gasteiger partial charge in [-0.05, 0) is 12.0 Å². The summed E-state index contributed by atoms with van der Waals surface area (Å²) in [6.45, 7) is 0.859. The number of aliphatic hydroxyl groups is 1. The Labute approximate surface area is 113 Å². The zero-order valence-electron chi connectivity index (χ0n) is 10.9. The highest BCUT2D eigenvalue weighted by atomic mass is 16.3. The number of amides is 2. The van der Waals surface area contributed by atoms with E-state index in [2.05, 4.69) is 10.6 Å². The lowest BCUT2D eigenvalue weighted by atomic mass is 10.1. The molecule has 0 aliphatic carbocycles. The maximum Gasteiger partial charge on any atom is 0.224 e. The molecule has 0 aliphatic rings. The van der Waals surface area contributed by atoms with Crippen molar-refractivity contribution in [1.29, 1.82) is 0 Å². The van der Waals surface area contributed by atoms with Crippen molar-refractivity contribution in [2.75, 3.05) is 19.7 Å². The lowest BCUT2D eigenvalue weighted by Crippen LogP contribution is -2.32. The van der Waals surface area contributed by atoms with Crippen LogP contribution in [0.5, 0.6) is 0 Å². The van der Waals surface area contributed by atoms with Crippen LogP contribution in [0, 0.1) is 0 Å². The van der Waals surface area contributed by atoms with Gasteiger partial charge in [0, 0.05) is 26.1 Å². The first-order chi connectivity index (χ1) is 9.22. The molecule has 1 rings (SSSR count). The standard InChI is InChI=1S/C14H20N2O3/c17-10-4-8-15-13(18)7-9-16-14(19)11-12-5-2-1-3-6-12/h1-3,5-6,17H,4,7-11H2,(H,15,18)(H,16,19). The molecule has 0 saturated heterocycles. The molecule has 0 saturated carbocycles. The second-order valence-electron chi connectivity index (χ2n) is 4.19. The van der Waals surface area contributed by atoms with Crippen LogP contribution in [0.2, 0.25) is 0 Å². The molecule has 0 spiro atoms. The van der Waals surface area contributed by atoms with E-state index in [1.165, 1.54) is 0 Å². The molecule has 0 heterocycles. The van der Waals surface area contributed by atoms with E-state index in [9.17, 15) is 9.59 Å². The number of nitrogens with one attached hydrogen (secondary N) is 2. The van der Waals surface area contributed by atoms with Crippen LogP contribution in [0.25, 0.3) is 0 Å². The Morgan fingerprint density at radius 2 is 1.68 bits per heavy atom. The predicted molar refractivity (Wildman–Crippen MR) is 72.5 cm³/mol. The van der Waals surface area contributed by atoms with Gasteiger partial charge in [0.2, 0.25) is 11.8 Å². The summed E-state index contributed by atoms with van der Waals surface area (Å²) >= 11 is 0. The lowest BCUT2D eigenvalue weighted by Gasteiger charge is -2.06. The smallest absolute Gasteiger partial charge is 0.224 e. The fraction of sp³-hybridized carbons (Fsp3) is 0.429. The van der Waals surface area contributed by atoms with Crippen molar-refractivity contribution in [1.82, 2.24) is 10.6 Å². The van der Waals surface area contributed by atoms with E-state index in [-0.39, 0.29) is 24.8 Å². The fourth-order valence-corrected chi connectivity index (χ4v) is 1.55. The summed E-state index contributed by atoms with van der Waals surface area (Å²) in [7, 11) is 0. The summed E-state index contributed by atoms with van der Waals surface area (Å²) in [5.41, 5.74) is 0.951. The summed E-state index contributed by atoms with van der Waals surface area (Å²) in [5, 5.41) is 13.9. The molecule has 2 amide bonds. The van der Waals surface area contributed by atoms with Crippen molar-refractivity contribution in [2.24, 2.45) is 0 Å². The van der Waals surface area contributed by atoms with Gasteiger partial charge in [-0.15, -0.1) is 0 Å². The Morgan fingerprint density at radius 3 is 2.37 bits per heavy atom. The van der Waals surface area contributed by atoms with Crippen LogP contribution < -0.4 is 10.6 Å². The number of aliphatic hydroxyl groups excluding tert-OH is 1. The van der Waals surface area contributed by atoms with Gasteiger partial charge < -0.3 is 15.7 Å². The van der Waals surface area contributed by atoms with Gasteiger partial charge in [0.15, 0.2) is 0 Å². The molecule has 0 fully saturated rings. The molecule has 104 valence electrons. The minimum absolute atomic E-state index is 0.0636. The van der Waals surface area contributed by atoms with Gasteiger partial charge in [0.25, 0.3) is 0 Å². The van der Waals surface area contributed by atoms with Gasteiger partial charge in [0.1, 0.15) is 0 Å². The van der Waals surface area contributed by atoms with Crippen LogP contribution in [-0.2, 0) is 16.0 Å². The largest absolute Gasteiger partial charge is 0.396 e. The molecule has 19 heavy (non-hydrogen) atoms. The van der Waals surface area contributed by atoms with Crippen LogP contribution in [0.4, 0.5) is 0 Å². The van der Waals surface area contributed by atoms with Gasteiger partial charge >= 0.3 is 0 Å². The number of rotatable bonds is 8. The zero-order valence-corrected chi connectivity index (χ0v) is 10.9. The van der Waals surface area contributed by atoms with Crippen molar-refractivity contribution in [3.8, 4) is 0 Å². The third-order valence-corrected chi connectivity index (χ3v) is 2.54. The molecule has 5 heteroatoms. The van der Waals surface area contributed by atoms with Crippen LogP contribution in [0.1, 0.15) is 18.4 Å². The Balaban J connectivity index is 2.12. The molecule has 0 unspecified atom stereocenters. The average molecular weight is 264 g/mol. The highest BCUT2D eigenvalue weighted by Crippen LogP contribution is 1.98. The number of benzene rings is 1. The second-order valence-corrected chi connectivity index (χ2v) is 4.19. The number of hydrogen-bond acceptors (Lipinski definition) is 3. The molecule has 0 atom stereocenters. The van der Waals surface area contributed by atoms with Crippen LogP contribution in [0.3, 0.4) is 0 Å². The monoisotopic (exact) mass is 264 g/mol. The summed E-state index contributed by atoms with van der Waals surface area (Å²) in [6, 6.07) is 9.45. The predicted octanol–water partition coefficient (Wildman–Crippen LogP) is 0.234. The van der Waals surface area contributed by atoms with Gasteiger partial charge in [-0.3, -0.25) is 9.59 Å². The molecule has 3 N–H and O–H groups in total. The molecule has 1 aromatic carbocycles. The summed E-state index contributed by atoms with van der Waals surface area (Å²) in [5.74, 6) is -0.206. The third-order valence-electron chi connectivity index (χ3n) is 2.54. The van der Waals surface area contributed by atoms with E-state index in [1.807, 2.05) is 30.3 Å². The number of carbonyl (C=O) groups excluding carboxylic acids is 2. The van der Waals surface area contributed by atoms with Gasteiger partial charge in [-0.1, -0.05) is 30.3 Å². The highest BCUT2D eigenvalue weighted by Gasteiger charge is 2.04. The Hall–Kier alpha value is -1.88. The zero-order chi connectivity index (χ0) is 13.9. The number of hydrogen-bond donors (Lipinski definition) is 3. The first-order valence-electron chi connectivity index (χ1n) is 6.40. The second kappa shape index (κ2) is 9.10. The van der Waals surface area contributed by atoms with Crippen molar-refractivity contribution in [3.63, 3.8) is 0 Å². The molecule has 5 nitrogen and oxygen atoms in total. The topological polar surface area (TPSA) is 78.4 Å².